The van der Waals surface area contributed by atoms with Crippen LogP contribution in [0.1, 0.15) is 90.9 Å². The van der Waals surface area contributed by atoms with Crippen molar-refractivity contribution in [2.24, 2.45) is 5.73 Å². The Hall–Kier alpha value is -0.230. The maximum absolute atomic E-state index is 10.7. The Morgan fingerprint density at radius 3 is 1.92 bits per heavy atom. The van der Waals surface area contributed by atoms with E-state index in [0.29, 0.717) is 0 Å². The lowest BCUT2D eigenvalue weighted by Crippen LogP contribution is -2.47. The molecule has 0 aliphatic heterocycles. The lowest BCUT2D eigenvalue weighted by molar-refractivity contribution is 0.0539. The van der Waals surface area contributed by atoms with Crippen LogP contribution in [0.15, 0.2) is 12.2 Å². The summed E-state index contributed by atoms with van der Waals surface area (Å²) in [6.07, 6.45) is 18.6. The Bertz CT molecular complexity index is 409. The normalized spacial score (nSPS) is 16.1. The molecule has 0 bridgehead atoms. The van der Waals surface area contributed by atoms with Gasteiger partial charge in [0.15, 0.2) is 0 Å². The lowest BCUT2D eigenvalue weighted by Gasteiger charge is -2.26. The van der Waals surface area contributed by atoms with Gasteiger partial charge in [-0.1, -0.05) is 83.3 Å². The molecule has 26 heavy (non-hydrogen) atoms. The Morgan fingerprint density at radius 2 is 1.46 bits per heavy atom. The maximum Gasteiger partial charge on any atom is 0.469 e. The van der Waals surface area contributed by atoms with Crippen LogP contribution in [0.4, 0.5) is 0 Å². The maximum atomic E-state index is 10.7. The highest BCUT2D eigenvalue weighted by Gasteiger charge is 2.28. The fourth-order valence-corrected chi connectivity index (χ4v) is 3.07. The van der Waals surface area contributed by atoms with Crippen molar-refractivity contribution in [3.63, 3.8) is 0 Å². The molecular weight excluding hydrogens is 353 g/mol. The van der Waals surface area contributed by atoms with Crippen molar-refractivity contribution >= 4 is 7.82 Å². The van der Waals surface area contributed by atoms with E-state index in [4.69, 9.17) is 15.5 Å². The van der Waals surface area contributed by atoms with Gasteiger partial charge in [-0.3, -0.25) is 4.52 Å². The molecule has 0 heterocycles. The number of unbranched alkanes of at least 4 members (excludes halogenated alkanes) is 11. The SMILES string of the molecule is CCCCCCCCCCCCC/C=C\[C@@](C)(O)[C@@H](N)COP(=O)(O)O. The molecule has 0 saturated heterocycles. The van der Waals surface area contributed by atoms with Crippen LogP contribution >= 0.6 is 7.82 Å². The van der Waals surface area contributed by atoms with Crippen LogP contribution in [0.2, 0.25) is 0 Å². The first-order chi connectivity index (χ1) is 12.2. The van der Waals surface area contributed by atoms with Gasteiger partial charge in [0.2, 0.25) is 0 Å². The number of hydrogen-bond donors (Lipinski definition) is 4. The average Bonchev–Trinajstić information content (AvgIpc) is 2.56. The molecule has 7 heteroatoms. The van der Waals surface area contributed by atoms with Crippen molar-refractivity contribution in [3.05, 3.63) is 12.2 Å². The molecule has 0 rings (SSSR count). The van der Waals surface area contributed by atoms with E-state index in [0.717, 1.165) is 12.8 Å². The highest BCUT2D eigenvalue weighted by atomic mass is 31.2. The van der Waals surface area contributed by atoms with Gasteiger partial charge >= 0.3 is 7.82 Å². The minimum atomic E-state index is -4.56. The van der Waals surface area contributed by atoms with E-state index in [-0.39, 0.29) is 0 Å². The summed E-state index contributed by atoms with van der Waals surface area (Å²) in [5, 5.41) is 10.2. The minimum absolute atomic E-state index is 0.403. The molecule has 2 atom stereocenters. The Balaban J connectivity index is 3.65. The second kappa shape index (κ2) is 14.8. The topological polar surface area (TPSA) is 113 Å². The van der Waals surface area contributed by atoms with Gasteiger partial charge in [-0.2, -0.15) is 0 Å². The average molecular weight is 394 g/mol. The zero-order valence-corrected chi connectivity index (χ0v) is 17.5. The number of phosphoric acid groups is 1. The van der Waals surface area contributed by atoms with Crippen LogP contribution in [0.25, 0.3) is 0 Å². The monoisotopic (exact) mass is 393 g/mol. The molecule has 0 aliphatic rings. The number of allylic oxidation sites excluding steroid dienone is 1. The highest BCUT2D eigenvalue weighted by molar-refractivity contribution is 7.46. The first-order valence-electron chi connectivity index (χ1n) is 10.0. The summed E-state index contributed by atoms with van der Waals surface area (Å²) < 4.78 is 15.0. The quantitative estimate of drug-likeness (QED) is 0.165. The van der Waals surface area contributed by atoms with Crippen molar-refractivity contribution in [2.45, 2.75) is 103 Å². The fourth-order valence-electron chi connectivity index (χ4n) is 2.72. The third kappa shape index (κ3) is 16.0. The van der Waals surface area contributed by atoms with E-state index >= 15 is 0 Å². The van der Waals surface area contributed by atoms with Gasteiger partial charge in [0.05, 0.1) is 18.2 Å². The predicted molar refractivity (Wildman–Crippen MR) is 107 cm³/mol. The van der Waals surface area contributed by atoms with E-state index in [9.17, 15) is 9.67 Å². The predicted octanol–water partition coefficient (Wildman–Crippen LogP) is 4.43. The smallest absolute Gasteiger partial charge is 0.384 e. The van der Waals surface area contributed by atoms with Crippen molar-refractivity contribution in [1.82, 2.24) is 0 Å². The Labute approximate surface area is 159 Å². The van der Waals surface area contributed by atoms with Gasteiger partial charge in [-0.05, 0) is 19.8 Å². The van der Waals surface area contributed by atoms with Crippen molar-refractivity contribution < 1.29 is 24.0 Å². The van der Waals surface area contributed by atoms with Crippen LogP contribution in [0.3, 0.4) is 0 Å². The minimum Gasteiger partial charge on any atom is -0.384 e. The molecule has 0 aromatic rings. The van der Waals surface area contributed by atoms with E-state index in [2.05, 4.69) is 11.4 Å². The molecule has 0 unspecified atom stereocenters. The number of aliphatic hydroxyl groups is 1. The van der Waals surface area contributed by atoms with Gasteiger partial charge in [-0.25, -0.2) is 4.57 Å². The molecule has 0 fully saturated rings. The zero-order chi connectivity index (χ0) is 19.9. The molecule has 0 aromatic heterocycles. The van der Waals surface area contributed by atoms with Gasteiger partial charge in [0, 0.05) is 0 Å². The van der Waals surface area contributed by atoms with Crippen LogP contribution < -0.4 is 5.73 Å². The summed E-state index contributed by atoms with van der Waals surface area (Å²) in [6.45, 7) is 3.35. The van der Waals surface area contributed by atoms with E-state index in [1.54, 1.807) is 6.08 Å². The standard InChI is InChI=1S/C19H40NO5P/c1-3-4-5-6-7-8-9-10-11-12-13-14-15-16-19(2,21)18(20)17-25-26(22,23)24/h15-16,18,21H,3-14,17,20H2,1-2H3,(H2,22,23,24)/b16-15-/t18-,19+/m0/s1. The van der Waals surface area contributed by atoms with Crippen LogP contribution in [-0.4, -0.2) is 33.1 Å². The van der Waals surface area contributed by atoms with E-state index in [1.165, 1.54) is 71.1 Å². The number of nitrogens with two attached hydrogens (primary N) is 1. The Kier molecular flexibility index (Phi) is 14.7. The second-order valence-corrected chi connectivity index (χ2v) is 8.58. The number of rotatable bonds is 17. The molecule has 5 N–H and O–H groups in total. The van der Waals surface area contributed by atoms with Gasteiger partial charge in [0.1, 0.15) is 0 Å². The largest absolute Gasteiger partial charge is 0.469 e. The number of phosphoric ester groups is 1. The molecule has 6 nitrogen and oxygen atoms in total. The number of hydrogen-bond acceptors (Lipinski definition) is 4. The van der Waals surface area contributed by atoms with Crippen molar-refractivity contribution in [3.8, 4) is 0 Å². The third-order valence-electron chi connectivity index (χ3n) is 4.60. The molecule has 0 amide bonds. The molecular formula is C19H40NO5P. The van der Waals surface area contributed by atoms with Crippen LogP contribution in [0, 0.1) is 0 Å². The molecule has 156 valence electrons. The third-order valence-corrected chi connectivity index (χ3v) is 5.09. The summed E-state index contributed by atoms with van der Waals surface area (Å²) in [4.78, 5) is 17.3. The Morgan fingerprint density at radius 1 is 1.00 bits per heavy atom. The summed E-state index contributed by atoms with van der Waals surface area (Å²) in [5.41, 5.74) is 4.38. The molecule has 0 aliphatic carbocycles. The van der Waals surface area contributed by atoms with Gasteiger partial charge < -0.3 is 20.6 Å². The van der Waals surface area contributed by atoms with Gasteiger partial charge in [0.25, 0.3) is 0 Å². The molecule has 0 saturated carbocycles. The van der Waals surface area contributed by atoms with Gasteiger partial charge in [-0.15, -0.1) is 0 Å². The highest BCUT2D eigenvalue weighted by Crippen LogP contribution is 2.36. The molecule has 0 aromatic carbocycles. The fraction of sp³-hybridized carbons (Fsp3) is 0.895. The van der Waals surface area contributed by atoms with Crippen molar-refractivity contribution in [1.29, 1.82) is 0 Å². The van der Waals surface area contributed by atoms with E-state index in [1.807, 2.05) is 6.08 Å². The summed E-state index contributed by atoms with van der Waals surface area (Å²) in [5.74, 6) is 0. The van der Waals surface area contributed by atoms with Crippen molar-refractivity contribution in [2.75, 3.05) is 6.61 Å². The zero-order valence-electron chi connectivity index (χ0n) is 16.6. The second-order valence-electron chi connectivity index (χ2n) is 7.35. The summed E-state index contributed by atoms with van der Waals surface area (Å²) >= 11 is 0. The van der Waals surface area contributed by atoms with Crippen LogP contribution in [-0.2, 0) is 9.09 Å². The summed E-state index contributed by atoms with van der Waals surface area (Å²) in [6, 6.07) is -0.899. The van der Waals surface area contributed by atoms with E-state index < -0.39 is 26.1 Å². The first-order valence-corrected chi connectivity index (χ1v) is 11.6. The first kappa shape index (κ1) is 25.8. The van der Waals surface area contributed by atoms with Crippen LogP contribution in [0.5, 0.6) is 0 Å². The summed E-state index contributed by atoms with van der Waals surface area (Å²) in [7, 11) is -4.56. The molecule has 0 radical (unpaired) electrons. The lowest BCUT2D eigenvalue weighted by atomic mass is 9.96. The molecule has 0 spiro atoms.